The fraction of sp³-hybridized carbons (Fsp3) is 0.647. The van der Waals surface area contributed by atoms with Gasteiger partial charge in [-0.3, -0.25) is 14.4 Å². The Balaban J connectivity index is 2.80. The summed E-state index contributed by atoms with van der Waals surface area (Å²) in [5.41, 5.74) is 5.40. The maximum Gasteiger partial charge on any atom is 0.247 e. The van der Waals surface area contributed by atoms with Crippen LogP contribution in [0, 0.1) is 5.92 Å². The molecule has 0 fully saturated rings. The van der Waals surface area contributed by atoms with Crippen molar-refractivity contribution in [3.8, 4) is 0 Å². The lowest BCUT2D eigenvalue weighted by Crippen LogP contribution is -2.52. The molecule has 0 aromatic rings. The van der Waals surface area contributed by atoms with Crippen molar-refractivity contribution in [1.82, 2.24) is 10.6 Å². The number of aliphatic hydroxyl groups is 2. The molecule has 10 nitrogen and oxygen atoms in total. The third-order valence-corrected chi connectivity index (χ3v) is 4.91. The number of carboxylic acid groups (broad SMARTS) is 1. The summed E-state index contributed by atoms with van der Waals surface area (Å²) in [6, 6.07) is -1.93. The van der Waals surface area contributed by atoms with Crippen LogP contribution in [0.3, 0.4) is 0 Å². The largest absolute Gasteiger partial charge is 0.549 e. The number of nitrogens with one attached hydrogen (secondary N) is 2. The van der Waals surface area contributed by atoms with Crippen LogP contribution >= 0.6 is 11.8 Å². The lowest BCUT2D eigenvalue weighted by molar-refractivity contribution is -0.301. The van der Waals surface area contributed by atoms with Crippen LogP contribution in [0.25, 0.3) is 0 Å². The first-order chi connectivity index (χ1) is 13.0. The van der Waals surface area contributed by atoms with Crippen molar-refractivity contribution >= 4 is 35.5 Å². The van der Waals surface area contributed by atoms with Gasteiger partial charge in [0.1, 0.15) is 12.1 Å². The molecule has 1 aliphatic carbocycles. The van der Waals surface area contributed by atoms with E-state index in [1.54, 1.807) is 0 Å². The molecule has 4 atom stereocenters. The second kappa shape index (κ2) is 11.0. The minimum absolute atomic E-state index is 0.0977. The SMILES string of the molecule is CC(C)C[C@@H](NC(=O)C1=C[C@@H](NC(=O)CSCC(=O)[O-])[C@@H](O)[C@H](O)C1)C(N)=O. The van der Waals surface area contributed by atoms with Crippen molar-refractivity contribution in [2.75, 3.05) is 11.5 Å². The number of carbonyl (C=O) groups is 4. The van der Waals surface area contributed by atoms with Crippen LogP contribution < -0.4 is 21.5 Å². The van der Waals surface area contributed by atoms with Gasteiger partial charge in [-0.25, -0.2) is 0 Å². The molecule has 0 unspecified atom stereocenters. The summed E-state index contributed by atoms with van der Waals surface area (Å²) in [5.74, 6) is -3.64. The topological polar surface area (TPSA) is 182 Å². The third kappa shape index (κ3) is 7.87. The minimum atomic E-state index is -1.34. The summed E-state index contributed by atoms with van der Waals surface area (Å²) in [6.07, 6.45) is -1.15. The van der Waals surface area contributed by atoms with E-state index in [0.717, 1.165) is 11.8 Å². The molecule has 0 aromatic carbocycles. The molecular formula is C17H26N3O7S-. The van der Waals surface area contributed by atoms with E-state index in [0.29, 0.717) is 6.42 Å². The Bertz CT molecular complexity index is 638. The van der Waals surface area contributed by atoms with Gasteiger partial charge in [-0.15, -0.1) is 11.8 Å². The molecule has 28 heavy (non-hydrogen) atoms. The van der Waals surface area contributed by atoms with E-state index < -0.39 is 48.0 Å². The van der Waals surface area contributed by atoms with Gasteiger partial charge in [0.25, 0.3) is 0 Å². The third-order valence-electron chi connectivity index (χ3n) is 4.00. The molecule has 0 spiro atoms. The molecule has 0 heterocycles. The zero-order valence-electron chi connectivity index (χ0n) is 15.7. The smallest absolute Gasteiger partial charge is 0.247 e. The molecule has 3 amide bonds. The van der Waals surface area contributed by atoms with Gasteiger partial charge in [-0.05, 0) is 12.3 Å². The number of primary amides is 1. The monoisotopic (exact) mass is 416 g/mol. The predicted molar refractivity (Wildman–Crippen MR) is 99.6 cm³/mol. The van der Waals surface area contributed by atoms with Crippen LogP contribution in [0.2, 0.25) is 0 Å². The Kier molecular flexibility index (Phi) is 9.42. The highest BCUT2D eigenvalue weighted by molar-refractivity contribution is 8.00. The minimum Gasteiger partial charge on any atom is -0.549 e. The number of aliphatic hydroxyl groups excluding tert-OH is 2. The Morgan fingerprint density at radius 1 is 1.29 bits per heavy atom. The van der Waals surface area contributed by atoms with E-state index in [4.69, 9.17) is 5.73 Å². The normalized spacial score (nSPS) is 22.9. The van der Waals surface area contributed by atoms with Gasteiger partial charge >= 0.3 is 0 Å². The highest BCUT2D eigenvalue weighted by atomic mass is 32.2. The molecule has 0 saturated heterocycles. The second-order valence-corrected chi connectivity index (χ2v) is 7.96. The van der Waals surface area contributed by atoms with Gasteiger partial charge in [0.05, 0.1) is 23.9 Å². The fourth-order valence-corrected chi connectivity index (χ4v) is 3.22. The van der Waals surface area contributed by atoms with E-state index in [1.165, 1.54) is 6.08 Å². The average Bonchev–Trinajstić information content (AvgIpc) is 2.57. The van der Waals surface area contributed by atoms with Crippen LogP contribution in [0.15, 0.2) is 11.6 Å². The number of carboxylic acids is 1. The number of thioether (sulfide) groups is 1. The van der Waals surface area contributed by atoms with Crippen LogP contribution in [0.4, 0.5) is 0 Å². The van der Waals surface area contributed by atoms with E-state index >= 15 is 0 Å². The number of amides is 3. The summed E-state index contributed by atoms with van der Waals surface area (Å²) in [6.45, 7) is 3.73. The fourth-order valence-electron chi connectivity index (χ4n) is 2.69. The van der Waals surface area contributed by atoms with E-state index in [1.807, 2.05) is 13.8 Å². The first kappa shape index (κ1) is 23.9. The van der Waals surface area contributed by atoms with Crippen LogP contribution in [0.5, 0.6) is 0 Å². The van der Waals surface area contributed by atoms with E-state index in [-0.39, 0.29) is 29.4 Å². The van der Waals surface area contributed by atoms with Crippen molar-refractivity contribution in [1.29, 1.82) is 0 Å². The molecular weight excluding hydrogens is 390 g/mol. The van der Waals surface area contributed by atoms with Crippen molar-refractivity contribution in [2.45, 2.75) is 51.0 Å². The summed E-state index contributed by atoms with van der Waals surface area (Å²) in [5, 5.41) is 35.4. The zero-order chi connectivity index (χ0) is 21.4. The first-order valence-corrected chi connectivity index (χ1v) is 9.90. The van der Waals surface area contributed by atoms with E-state index in [2.05, 4.69) is 10.6 Å². The Morgan fingerprint density at radius 3 is 2.46 bits per heavy atom. The summed E-state index contributed by atoms with van der Waals surface area (Å²) >= 11 is 0.815. The lowest BCUT2D eigenvalue weighted by Gasteiger charge is -2.31. The highest BCUT2D eigenvalue weighted by Crippen LogP contribution is 2.20. The number of aliphatic carboxylic acids is 1. The molecule has 0 saturated carbocycles. The highest BCUT2D eigenvalue weighted by Gasteiger charge is 2.34. The number of rotatable bonds is 10. The molecule has 0 radical (unpaired) electrons. The number of carbonyl (C=O) groups excluding carboxylic acids is 4. The summed E-state index contributed by atoms with van der Waals surface area (Å²) in [7, 11) is 0. The van der Waals surface area contributed by atoms with Crippen molar-refractivity contribution in [3.63, 3.8) is 0 Å². The van der Waals surface area contributed by atoms with Crippen molar-refractivity contribution in [2.24, 2.45) is 11.7 Å². The van der Waals surface area contributed by atoms with E-state index in [9.17, 15) is 34.5 Å². The molecule has 0 aliphatic heterocycles. The molecule has 11 heteroatoms. The van der Waals surface area contributed by atoms with Crippen LogP contribution in [-0.2, 0) is 19.2 Å². The van der Waals surface area contributed by atoms with Crippen molar-refractivity contribution in [3.05, 3.63) is 11.6 Å². The summed E-state index contributed by atoms with van der Waals surface area (Å²) < 4.78 is 0. The van der Waals surface area contributed by atoms with Crippen LogP contribution in [0.1, 0.15) is 26.7 Å². The maximum absolute atomic E-state index is 12.5. The lowest BCUT2D eigenvalue weighted by atomic mass is 9.89. The van der Waals surface area contributed by atoms with Gasteiger partial charge < -0.3 is 36.5 Å². The average molecular weight is 416 g/mol. The quantitative estimate of drug-likeness (QED) is 0.250. The zero-order valence-corrected chi connectivity index (χ0v) is 16.5. The first-order valence-electron chi connectivity index (χ1n) is 8.75. The van der Waals surface area contributed by atoms with Gasteiger partial charge in [-0.1, -0.05) is 19.9 Å². The number of nitrogens with two attached hydrogens (primary N) is 1. The molecule has 6 N–H and O–H groups in total. The molecule has 1 aliphatic rings. The van der Waals surface area contributed by atoms with Gasteiger partial charge in [-0.2, -0.15) is 0 Å². The molecule has 0 aromatic heterocycles. The molecule has 0 bridgehead atoms. The van der Waals surface area contributed by atoms with Gasteiger partial charge in [0, 0.05) is 17.7 Å². The molecule has 158 valence electrons. The standard InChI is InChI=1S/C17H27N3O7S/c1-8(2)3-11(16(18)26)20-17(27)9-4-10(15(25)12(21)5-9)19-13(22)6-28-7-14(23)24/h4,8,10-12,15,21,25H,3,5-7H2,1-2H3,(H2,18,26)(H,19,22)(H,20,27)(H,23,24)/p-1/t10-,11-,12-,15-/m1/s1. The van der Waals surface area contributed by atoms with Gasteiger partial charge in [0.2, 0.25) is 17.7 Å². The Morgan fingerprint density at radius 2 is 1.93 bits per heavy atom. The second-order valence-electron chi connectivity index (χ2n) is 6.97. The van der Waals surface area contributed by atoms with Crippen molar-refractivity contribution < 1.29 is 34.5 Å². The number of hydrogen-bond donors (Lipinski definition) is 5. The maximum atomic E-state index is 12.5. The Hall–Kier alpha value is -2.11. The van der Waals surface area contributed by atoms with Crippen LogP contribution in [-0.4, -0.2) is 69.7 Å². The summed E-state index contributed by atoms with van der Waals surface area (Å²) in [4.78, 5) is 46.2. The number of hydrogen-bond acceptors (Lipinski definition) is 8. The molecule has 1 rings (SSSR count). The van der Waals surface area contributed by atoms with Gasteiger partial charge in [0.15, 0.2) is 0 Å². The Labute approximate surface area is 166 Å². The predicted octanol–water partition coefficient (Wildman–Crippen LogP) is -2.98.